The van der Waals surface area contributed by atoms with Gasteiger partial charge in [-0.1, -0.05) is 30.3 Å². The average Bonchev–Trinajstić information content (AvgIpc) is 3.19. The van der Waals surface area contributed by atoms with Crippen molar-refractivity contribution in [2.24, 2.45) is 5.10 Å². The van der Waals surface area contributed by atoms with Crippen LogP contribution in [0.2, 0.25) is 0 Å². The van der Waals surface area contributed by atoms with Crippen LogP contribution in [0.3, 0.4) is 0 Å². The summed E-state index contributed by atoms with van der Waals surface area (Å²) in [5.41, 5.74) is 5.10. The zero-order valence-electron chi connectivity index (χ0n) is 16.9. The van der Waals surface area contributed by atoms with Crippen LogP contribution in [0.4, 0.5) is 5.69 Å². The lowest BCUT2D eigenvalue weighted by molar-refractivity contribution is -0.384. The first kappa shape index (κ1) is 20.6. The summed E-state index contributed by atoms with van der Waals surface area (Å²) < 4.78 is 5.06. The van der Waals surface area contributed by atoms with Crippen LogP contribution in [0.15, 0.2) is 71.8 Å². The van der Waals surface area contributed by atoms with E-state index in [9.17, 15) is 20.0 Å². The standard InChI is InChI=1S/C23H18N4O5/c1-32-20-11-14(7-10-19(20)28)13-24-26-23(29)22-21(15-5-3-2-4-6-15)17-12-16(27(30)31)8-9-18(17)25-22/h2-13,25,28H,1H3,(H,26,29)/b24-13-. The number of phenols is 1. The Morgan fingerprint density at radius 1 is 1.16 bits per heavy atom. The van der Waals surface area contributed by atoms with Crippen molar-refractivity contribution in [2.45, 2.75) is 0 Å². The number of ether oxygens (including phenoxy) is 1. The highest BCUT2D eigenvalue weighted by molar-refractivity contribution is 6.10. The maximum Gasteiger partial charge on any atom is 0.288 e. The molecular formula is C23H18N4O5. The number of nitro groups is 1. The molecule has 0 aliphatic heterocycles. The molecule has 0 radical (unpaired) electrons. The van der Waals surface area contributed by atoms with Crippen molar-refractivity contribution >= 4 is 28.7 Å². The molecule has 0 saturated carbocycles. The Morgan fingerprint density at radius 3 is 2.66 bits per heavy atom. The Labute approximate surface area is 182 Å². The number of hydrazone groups is 1. The van der Waals surface area contributed by atoms with Crippen LogP contribution in [0.1, 0.15) is 16.1 Å². The first-order valence-electron chi connectivity index (χ1n) is 9.54. The number of hydrogen-bond donors (Lipinski definition) is 3. The number of nitrogens with zero attached hydrogens (tertiary/aromatic N) is 2. The lowest BCUT2D eigenvalue weighted by Crippen LogP contribution is -2.18. The van der Waals surface area contributed by atoms with Gasteiger partial charge in [-0.2, -0.15) is 5.10 Å². The van der Waals surface area contributed by atoms with Crippen molar-refractivity contribution in [3.05, 3.63) is 88.1 Å². The summed E-state index contributed by atoms with van der Waals surface area (Å²) in [4.78, 5) is 26.8. The molecule has 32 heavy (non-hydrogen) atoms. The molecule has 0 spiro atoms. The lowest BCUT2D eigenvalue weighted by Gasteiger charge is -2.05. The van der Waals surface area contributed by atoms with Crippen LogP contribution in [-0.4, -0.2) is 34.2 Å². The Kier molecular flexibility index (Phi) is 5.54. The minimum atomic E-state index is -0.510. The van der Waals surface area contributed by atoms with E-state index in [1.165, 1.54) is 31.5 Å². The second kappa shape index (κ2) is 8.60. The molecule has 0 aliphatic rings. The second-order valence-electron chi connectivity index (χ2n) is 6.86. The summed E-state index contributed by atoms with van der Waals surface area (Å²) in [6.45, 7) is 0. The normalized spacial score (nSPS) is 11.0. The molecule has 0 saturated heterocycles. The summed E-state index contributed by atoms with van der Waals surface area (Å²) in [6.07, 6.45) is 1.41. The number of benzene rings is 3. The lowest BCUT2D eigenvalue weighted by atomic mass is 10.0. The van der Waals surface area contributed by atoms with Gasteiger partial charge in [0.2, 0.25) is 0 Å². The summed E-state index contributed by atoms with van der Waals surface area (Å²) in [5, 5.41) is 25.5. The van der Waals surface area contributed by atoms with Gasteiger partial charge in [-0.25, -0.2) is 5.43 Å². The molecule has 1 heterocycles. The molecule has 3 aromatic carbocycles. The molecule has 0 unspecified atom stereocenters. The van der Waals surface area contributed by atoms with Gasteiger partial charge < -0.3 is 14.8 Å². The molecule has 3 N–H and O–H groups in total. The Balaban J connectivity index is 1.70. The predicted octanol–water partition coefficient (Wildman–Crippen LogP) is 4.22. The monoisotopic (exact) mass is 430 g/mol. The maximum absolute atomic E-state index is 12.9. The molecule has 4 aromatic rings. The number of nitrogens with one attached hydrogen (secondary N) is 2. The van der Waals surface area contributed by atoms with Crippen molar-refractivity contribution in [3.63, 3.8) is 0 Å². The van der Waals surface area contributed by atoms with Crippen LogP contribution in [0.25, 0.3) is 22.0 Å². The summed E-state index contributed by atoms with van der Waals surface area (Å²) in [5.74, 6) is -0.234. The number of nitro benzene ring substituents is 1. The third kappa shape index (κ3) is 3.99. The fourth-order valence-corrected chi connectivity index (χ4v) is 3.36. The van der Waals surface area contributed by atoms with Crippen LogP contribution in [0.5, 0.6) is 11.5 Å². The van der Waals surface area contributed by atoms with Crippen molar-refractivity contribution in [3.8, 4) is 22.6 Å². The second-order valence-corrected chi connectivity index (χ2v) is 6.86. The average molecular weight is 430 g/mol. The zero-order chi connectivity index (χ0) is 22.7. The van der Waals surface area contributed by atoms with Crippen LogP contribution in [-0.2, 0) is 0 Å². The smallest absolute Gasteiger partial charge is 0.288 e. The number of hydrogen-bond acceptors (Lipinski definition) is 6. The minimum Gasteiger partial charge on any atom is -0.504 e. The number of rotatable bonds is 6. The molecule has 9 heteroatoms. The van der Waals surface area contributed by atoms with Gasteiger partial charge in [0, 0.05) is 28.6 Å². The van der Waals surface area contributed by atoms with E-state index >= 15 is 0 Å². The van der Waals surface area contributed by atoms with E-state index in [0.717, 1.165) is 5.56 Å². The number of phenolic OH excluding ortho intramolecular Hbond substituents is 1. The largest absolute Gasteiger partial charge is 0.504 e. The third-order valence-electron chi connectivity index (χ3n) is 4.87. The van der Waals surface area contributed by atoms with E-state index in [2.05, 4.69) is 15.5 Å². The van der Waals surface area contributed by atoms with Crippen LogP contribution in [0, 0.1) is 10.1 Å². The molecular weight excluding hydrogens is 412 g/mol. The first-order valence-corrected chi connectivity index (χ1v) is 9.54. The van der Waals surface area contributed by atoms with Crippen molar-refractivity contribution in [2.75, 3.05) is 7.11 Å². The number of fused-ring (bicyclic) bond motifs is 1. The quantitative estimate of drug-likeness (QED) is 0.240. The number of aromatic amines is 1. The highest BCUT2D eigenvalue weighted by Gasteiger charge is 2.21. The molecule has 9 nitrogen and oxygen atoms in total. The fourth-order valence-electron chi connectivity index (χ4n) is 3.36. The van der Waals surface area contributed by atoms with Gasteiger partial charge in [0.1, 0.15) is 5.69 Å². The number of amides is 1. The van der Waals surface area contributed by atoms with Crippen molar-refractivity contribution in [1.29, 1.82) is 0 Å². The number of methoxy groups -OCH3 is 1. The summed E-state index contributed by atoms with van der Waals surface area (Å²) >= 11 is 0. The first-order chi connectivity index (χ1) is 15.5. The molecule has 0 atom stereocenters. The number of carbonyl (C=O) groups is 1. The highest BCUT2D eigenvalue weighted by Crippen LogP contribution is 2.34. The minimum absolute atomic E-state index is 0.00615. The van der Waals surface area contributed by atoms with Crippen LogP contribution < -0.4 is 10.2 Å². The molecule has 0 bridgehead atoms. The van der Waals surface area contributed by atoms with E-state index in [4.69, 9.17) is 4.74 Å². The van der Waals surface area contributed by atoms with Gasteiger partial charge in [0.05, 0.1) is 18.2 Å². The van der Waals surface area contributed by atoms with Gasteiger partial charge >= 0.3 is 0 Å². The van der Waals surface area contributed by atoms with Gasteiger partial charge in [-0.3, -0.25) is 14.9 Å². The van der Waals surface area contributed by atoms with E-state index in [1.807, 2.05) is 30.3 Å². The number of aromatic nitrogens is 1. The Bertz CT molecular complexity index is 1350. The summed E-state index contributed by atoms with van der Waals surface area (Å²) in [6, 6.07) is 18.2. The molecule has 1 amide bonds. The number of carbonyl (C=O) groups excluding carboxylic acids is 1. The third-order valence-corrected chi connectivity index (χ3v) is 4.87. The van der Waals surface area contributed by atoms with Gasteiger partial charge in [-0.15, -0.1) is 0 Å². The fraction of sp³-hybridized carbons (Fsp3) is 0.0435. The van der Waals surface area contributed by atoms with Crippen molar-refractivity contribution < 1.29 is 19.6 Å². The molecule has 4 rings (SSSR count). The van der Waals surface area contributed by atoms with E-state index in [1.54, 1.807) is 18.2 Å². The van der Waals surface area contributed by atoms with Crippen LogP contribution >= 0.6 is 0 Å². The molecule has 0 aliphatic carbocycles. The van der Waals surface area contributed by atoms with E-state index in [0.29, 0.717) is 22.0 Å². The summed E-state index contributed by atoms with van der Waals surface area (Å²) in [7, 11) is 1.43. The molecule has 0 fully saturated rings. The zero-order valence-corrected chi connectivity index (χ0v) is 16.9. The van der Waals surface area contributed by atoms with E-state index < -0.39 is 10.8 Å². The van der Waals surface area contributed by atoms with Gasteiger partial charge in [0.15, 0.2) is 11.5 Å². The Morgan fingerprint density at radius 2 is 1.94 bits per heavy atom. The molecule has 1 aromatic heterocycles. The van der Waals surface area contributed by atoms with Crippen molar-refractivity contribution in [1.82, 2.24) is 10.4 Å². The SMILES string of the molecule is COc1cc(/C=N\NC(=O)c2[nH]c3ccc([N+](=O)[O-])cc3c2-c2ccccc2)ccc1O. The number of non-ortho nitro benzene ring substituents is 1. The highest BCUT2D eigenvalue weighted by atomic mass is 16.6. The Hall–Kier alpha value is -4.66. The van der Waals surface area contributed by atoms with Gasteiger partial charge in [0.25, 0.3) is 11.6 Å². The molecule has 160 valence electrons. The predicted molar refractivity (Wildman–Crippen MR) is 120 cm³/mol. The number of aromatic hydroxyl groups is 1. The maximum atomic E-state index is 12.9. The topological polar surface area (TPSA) is 130 Å². The number of H-pyrrole nitrogens is 1. The van der Waals surface area contributed by atoms with Gasteiger partial charge in [-0.05, 0) is 35.4 Å². The van der Waals surface area contributed by atoms with E-state index in [-0.39, 0.29) is 22.9 Å².